The number of halogens is 3. The molecular formula is C24H26F3N3O. The van der Waals surface area contributed by atoms with Gasteiger partial charge in [0.1, 0.15) is 5.60 Å². The minimum atomic E-state index is -4.35. The van der Waals surface area contributed by atoms with E-state index in [-0.39, 0.29) is 6.54 Å². The lowest BCUT2D eigenvalue weighted by atomic mass is 9.95. The Morgan fingerprint density at radius 2 is 1.90 bits per heavy atom. The number of benzene rings is 1. The van der Waals surface area contributed by atoms with E-state index in [0.29, 0.717) is 24.8 Å². The normalized spacial score (nSPS) is 23.2. The van der Waals surface area contributed by atoms with E-state index in [2.05, 4.69) is 4.98 Å². The van der Waals surface area contributed by atoms with Gasteiger partial charge in [0.05, 0.1) is 6.54 Å². The molecule has 164 valence electrons. The van der Waals surface area contributed by atoms with E-state index in [9.17, 15) is 18.3 Å². The van der Waals surface area contributed by atoms with Crippen LogP contribution in [0, 0.1) is 13.8 Å². The van der Waals surface area contributed by atoms with Crippen LogP contribution in [0.5, 0.6) is 0 Å². The van der Waals surface area contributed by atoms with E-state index in [0.717, 1.165) is 38.3 Å². The third kappa shape index (κ3) is 3.26. The van der Waals surface area contributed by atoms with Crippen LogP contribution in [-0.4, -0.2) is 31.9 Å². The number of hydrogen-bond acceptors (Lipinski definition) is 3. The molecule has 3 atom stereocenters. The first-order valence-electron chi connectivity index (χ1n) is 10.7. The molecule has 1 fully saturated rings. The van der Waals surface area contributed by atoms with Gasteiger partial charge in [-0.1, -0.05) is 17.7 Å². The summed E-state index contributed by atoms with van der Waals surface area (Å²) in [5, 5.41) is 12.2. The highest BCUT2D eigenvalue weighted by Gasteiger charge is 2.54. The van der Waals surface area contributed by atoms with E-state index in [1.807, 2.05) is 48.7 Å². The monoisotopic (exact) mass is 429 g/mol. The highest BCUT2D eigenvalue weighted by atomic mass is 19.4. The number of aryl methyl sites for hydroxylation is 2. The van der Waals surface area contributed by atoms with Crippen LogP contribution in [0.15, 0.2) is 36.5 Å². The van der Waals surface area contributed by atoms with Crippen molar-refractivity contribution in [2.45, 2.75) is 70.6 Å². The second-order valence-corrected chi connectivity index (χ2v) is 9.26. The fourth-order valence-electron chi connectivity index (χ4n) is 5.48. The highest BCUT2D eigenvalue weighted by molar-refractivity contribution is 5.87. The SMILES string of the molecule is Cc1ccc2c(c1)c1c(n2CC(C)(O)c2ccc(C)nc2)CC2CCC1N2C(F)(F)F. The van der Waals surface area contributed by atoms with Crippen LogP contribution in [0.1, 0.15) is 53.9 Å². The van der Waals surface area contributed by atoms with Gasteiger partial charge < -0.3 is 9.67 Å². The molecule has 3 aromatic rings. The minimum Gasteiger partial charge on any atom is -0.384 e. The molecule has 4 heterocycles. The molecule has 2 bridgehead atoms. The van der Waals surface area contributed by atoms with Gasteiger partial charge in [-0.25, -0.2) is 4.90 Å². The molecule has 2 aliphatic rings. The van der Waals surface area contributed by atoms with Crippen molar-refractivity contribution in [3.05, 3.63) is 64.6 Å². The number of pyridine rings is 1. The first kappa shape index (κ1) is 20.5. The lowest BCUT2D eigenvalue weighted by Gasteiger charge is -2.37. The summed E-state index contributed by atoms with van der Waals surface area (Å²) in [6, 6.07) is 8.44. The van der Waals surface area contributed by atoms with Crippen molar-refractivity contribution >= 4 is 10.9 Å². The molecule has 3 unspecified atom stereocenters. The maximum absolute atomic E-state index is 13.9. The van der Waals surface area contributed by atoms with Crippen molar-refractivity contribution < 1.29 is 18.3 Å². The number of aromatic nitrogens is 2. The number of hydrogen-bond donors (Lipinski definition) is 1. The lowest BCUT2D eigenvalue weighted by molar-refractivity contribution is -0.265. The summed E-state index contributed by atoms with van der Waals surface area (Å²) in [5.74, 6) is 0. The molecule has 4 nitrogen and oxygen atoms in total. The molecule has 0 amide bonds. The molecule has 1 aromatic carbocycles. The van der Waals surface area contributed by atoms with Crippen molar-refractivity contribution in [1.29, 1.82) is 0 Å². The zero-order valence-electron chi connectivity index (χ0n) is 17.9. The Kier molecular flexibility index (Phi) is 4.51. The first-order chi connectivity index (χ1) is 14.6. The molecule has 7 heteroatoms. The summed E-state index contributed by atoms with van der Waals surface area (Å²) in [5.41, 5.74) is 3.95. The maximum Gasteiger partial charge on any atom is 0.460 e. The number of aliphatic hydroxyl groups is 1. The number of alkyl halides is 3. The third-order valence-electron chi connectivity index (χ3n) is 6.93. The Bertz CT molecular complexity index is 1150. The Labute approximate surface area is 179 Å². The Morgan fingerprint density at radius 3 is 2.58 bits per heavy atom. The fraction of sp³-hybridized carbons (Fsp3) is 0.458. The number of fused-ring (bicyclic) bond motifs is 6. The summed E-state index contributed by atoms with van der Waals surface area (Å²) in [7, 11) is 0. The molecule has 5 rings (SSSR count). The van der Waals surface area contributed by atoms with Crippen molar-refractivity contribution in [2.75, 3.05) is 0 Å². The third-order valence-corrected chi connectivity index (χ3v) is 6.93. The van der Waals surface area contributed by atoms with Gasteiger partial charge in [-0.05, 0) is 57.4 Å². The Hall–Kier alpha value is -2.38. The van der Waals surface area contributed by atoms with Crippen LogP contribution < -0.4 is 0 Å². The minimum absolute atomic E-state index is 0.262. The summed E-state index contributed by atoms with van der Waals surface area (Å²) in [4.78, 5) is 5.06. The van der Waals surface area contributed by atoms with Crippen LogP contribution in [0.3, 0.4) is 0 Å². The predicted molar refractivity (Wildman–Crippen MR) is 113 cm³/mol. The van der Waals surface area contributed by atoms with Gasteiger partial charge in [0.2, 0.25) is 0 Å². The van der Waals surface area contributed by atoms with E-state index in [1.54, 1.807) is 13.1 Å². The molecule has 0 spiro atoms. The smallest absolute Gasteiger partial charge is 0.384 e. The highest BCUT2D eigenvalue weighted by Crippen LogP contribution is 2.52. The maximum atomic E-state index is 13.9. The lowest BCUT2D eigenvalue weighted by Crippen LogP contribution is -2.47. The molecule has 0 aliphatic carbocycles. The van der Waals surface area contributed by atoms with E-state index in [4.69, 9.17) is 0 Å². The second-order valence-electron chi connectivity index (χ2n) is 9.26. The molecule has 2 aliphatic heterocycles. The first-order valence-corrected chi connectivity index (χ1v) is 10.7. The summed E-state index contributed by atoms with van der Waals surface area (Å²) >= 11 is 0. The average Bonchev–Trinajstić information content (AvgIpc) is 3.16. The molecular weight excluding hydrogens is 403 g/mol. The largest absolute Gasteiger partial charge is 0.460 e. The molecule has 31 heavy (non-hydrogen) atoms. The standard InChI is InChI=1S/C24H26F3N3O/c1-14-4-8-19-18(10-14)22-20-9-7-17(30(20)24(25,26)27)11-21(22)29(19)13-23(3,31)16-6-5-15(2)28-12-16/h4-6,8,10,12,17,20,31H,7,9,11,13H2,1-3H3. The Balaban J connectivity index is 1.66. The fourth-order valence-corrected chi connectivity index (χ4v) is 5.48. The van der Waals surface area contributed by atoms with Gasteiger partial charge in [-0.3, -0.25) is 4.98 Å². The van der Waals surface area contributed by atoms with E-state index >= 15 is 0 Å². The molecule has 2 aromatic heterocycles. The molecule has 1 saturated heterocycles. The van der Waals surface area contributed by atoms with Crippen LogP contribution in [0.25, 0.3) is 10.9 Å². The quantitative estimate of drug-likeness (QED) is 0.586. The van der Waals surface area contributed by atoms with E-state index in [1.165, 1.54) is 0 Å². The molecule has 0 saturated carbocycles. The second kappa shape index (κ2) is 6.81. The van der Waals surface area contributed by atoms with Crippen LogP contribution in [0.4, 0.5) is 13.2 Å². The molecule has 0 radical (unpaired) electrons. The van der Waals surface area contributed by atoms with Crippen molar-refractivity contribution in [2.24, 2.45) is 0 Å². The van der Waals surface area contributed by atoms with Gasteiger partial charge in [0.15, 0.2) is 0 Å². The average molecular weight is 429 g/mol. The summed E-state index contributed by atoms with van der Waals surface area (Å²) in [6.07, 6.45) is -1.30. The van der Waals surface area contributed by atoms with Gasteiger partial charge in [0, 0.05) is 52.6 Å². The Morgan fingerprint density at radius 1 is 1.13 bits per heavy atom. The van der Waals surface area contributed by atoms with Gasteiger partial charge >= 0.3 is 6.30 Å². The topological polar surface area (TPSA) is 41.3 Å². The van der Waals surface area contributed by atoms with Crippen LogP contribution >= 0.6 is 0 Å². The van der Waals surface area contributed by atoms with Gasteiger partial charge in [-0.15, -0.1) is 0 Å². The van der Waals surface area contributed by atoms with Crippen LogP contribution in [0.2, 0.25) is 0 Å². The zero-order valence-corrected chi connectivity index (χ0v) is 17.9. The van der Waals surface area contributed by atoms with E-state index < -0.39 is 24.0 Å². The van der Waals surface area contributed by atoms with Crippen LogP contribution in [-0.2, 0) is 18.6 Å². The zero-order chi connectivity index (χ0) is 22.1. The van der Waals surface area contributed by atoms with Gasteiger partial charge in [-0.2, -0.15) is 13.2 Å². The number of rotatable bonds is 3. The van der Waals surface area contributed by atoms with Gasteiger partial charge in [0.25, 0.3) is 0 Å². The molecule has 1 N–H and O–H groups in total. The number of nitrogens with zero attached hydrogens (tertiary/aromatic N) is 3. The summed E-state index contributed by atoms with van der Waals surface area (Å²) in [6.45, 7) is 5.85. The summed E-state index contributed by atoms with van der Waals surface area (Å²) < 4.78 is 43.6. The van der Waals surface area contributed by atoms with Crippen molar-refractivity contribution in [1.82, 2.24) is 14.5 Å². The van der Waals surface area contributed by atoms with Crippen molar-refractivity contribution in [3.63, 3.8) is 0 Å². The van der Waals surface area contributed by atoms with Crippen molar-refractivity contribution in [3.8, 4) is 0 Å². The predicted octanol–water partition coefficient (Wildman–Crippen LogP) is 5.14.